The van der Waals surface area contributed by atoms with E-state index in [1.165, 1.54) is 66.1 Å². The molecule has 0 radical (unpaired) electrons. The lowest BCUT2D eigenvalue weighted by Crippen LogP contribution is -2.34. The molecule has 1 aromatic carbocycles. The smallest absolute Gasteiger partial charge is 0.259 e. The molecule has 2 amide bonds. The van der Waals surface area contributed by atoms with E-state index in [2.05, 4.69) is 22.8 Å². The Bertz CT molecular complexity index is 697. The molecule has 32 heavy (non-hydrogen) atoms. The molecule has 0 saturated heterocycles. The van der Waals surface area contributed by atoms with Crippen molar-refractivity contribution in [1.82, 2.24) is 10.7 Å². The summed E-state index contributed by atoms with van der Waals surface area (Å²) in [5, 5.41) is 6.55. The van der Waals surface area contributed by atoms with Gasteiger partial charge in [-0.05, 0) is 18.6 Å². The summed E-state index contributed by atoms with van der Waals surface area (Å²) in [6.07, 6.45) is 12.7. The minimum atomic E-state index is -0.394. The SMILES string of the molecule is CCCCCCCCCCCC(=O)NCC(=O)NN=Cc1cc(OC)c(OC)c(OC)c1. The molecule has 1 aromatic rings. The lowest BCUT2D eigenvalue weighted by Gasteiger charge is -2.12. The normalized spacial score (nSPS) is 10.8. The molecular weight excluding hydrogens is 410 g/mol. The van der Waals surface area contributed by atoms with E-state index in [4.69, 9.17) is 14.2 Å². The van der Waals surface area contributed by atoms with E-state index >= 15 is 0 Å². The maximum absolute atomic E-state index is 11.9. The molecule has 0 aliphatic heterocycles. The number of ether oxygens (including phenoxy) is 3. The largest absolute Gasteiger partial charge is 0.493 e. The number of unbranched alkanes of at least 4 members (excludes halogenated alkanes) is 8. The third kappa shape index (κ3) is 11.0. The standard InChI is InChI=1S/C24H39N3O5/c1-5-6-7-8-9-10-11-12-13-14-22(28)25-18-23(29)27-26-17-19-15-20(30-2)24(32-4)21(16-19)31-3/h15-17H,5-14,18H2,1-4H3,(H,25,28)(H,27,29). The Morgan fingerprint density at radius 3 is 1.94 bits per heavy atom. The molecule has 0 bridgehead atoms. The maximum atomic E-state index is 11.9. The van der Waals surface area contributed by atoms with Gasteiger partial charge in [-0.1, -0.05) is 58.3 Å². The molecule has 8 nitrogen and oxygen atoms in total. The predicted molar refractivity (Wildman–Crippen MR) is 127 cm³/mol. The van der Waals surface area contributed by atoms with Crippen LogP contribution < -0.4 is 25.0 Å². The lowest BCUT2D eigenvalue weighted by molar-refractivity contribution is -0.126. The van der Waals surface area contributed by atoms with E-state index in [-0.39, 0.29) is 12.5 Å². The van der Waals surface area contributed by atoms with Crippen LogP contribution in [0.3, 0.4) is 0 Å². The van der Waals surface area contributed by atoms with Crippen molar-refractivity contribution < 1.29 is 23.8 Å². The Morgan fingerprint density at radius 2 is 1.41 bits per heavy atom. The van der Waals surface area contributed by atoms with Crippen LogP contribution in [0.4, 0.5) is 0 Å². The minimum absolute atomic E-state index is 0.108. The first-order valence-corrected chi connectivity index (χ1v) is 11.4. The summed E-state index contributed by atoms with van der Waals surface area (Å²) < 4.78 is 15.8. The summed E-state index contributed by atoms with van der Waals surface area (Å²) in [6, 6.07) is 3.42. The van der Waals surface area contributed by atoms with Crippen LogP contribution in [-0.4, -0.2) is 45.9 Å². The monoisotopic (exact) mass is 449 g/mol. The number of amides is 2. The van der Waals surface area contributed by atoms with Crippen molar-refractivity contribution in [1.29, 1.82) is 0 Å². The fraction of sp³-hybridized carbons (Fsp3) is 0.625. The number of benzene rings is 1. The Kier molecular flexibility index (Phi) is 14.4. The molecule has 0 spiro atoms. The van der Waals surface area contributed by atoms with Gasteiger partial charge in [0.1, 0.15) is 0 Å². The van der Waals surface area contributed by atoms with Crippen LogP contribution in [0.5, 0.6) is 17.2 Å². The van der Waals surface area contributed by atoms with Gasteiger partial charge in [0.05, 0.1) is 34.1 Å². The van der Waals surface area contributed by atoms with E-state index in [1.54, 1.807) is 12.1 Å². The fourth-order valence-electron chi connectivity index (χ4n) is 3.26. The van der Waals surface area contributed by atoms with Crippen LogP contribution >= 0.6 is 0 Å². The molecule has 0 aromatic heterocycles. The third-order valence-electron chi connectivity index (χ3n) is 5.04. The molecule has 0 fully saturated rings. The summed E-state index contributed by atoms with van der Waals surface area (Å²) in [5.74, 6) is 0.948. The van der Waals surface area contributed by atoms with Gasteiger partial charge in [0, 0.05) is 12.0 Å². The number of nitrogens with one attached hydrogen (secondary N) is 2. The zero-order chi connectivity index (χ0) is 23.6. The first-order chi connectivity index (χ1) is 15.5. The van der Waals surface area contributed by atoms with Crippen molar-refractivity contribution in [3.63, 3.8) is 0 Å². The van der Waals surface area contributed by atoms with Crippen LogP contribution in [0.25, 0.3) is 0 Å². The van der Waals surface area contributed by atoms with E-state index < -0.39 is 5.91 Å². The first kappa shape index (κ1) is 27.3. The highest BCUT2D eigenvalue weighted by Crippen LogP contribution is 2.37. The van der Waals surface area contributed by atoms with E-state index in [9.17, 15) is 9.59 Å². The molecule has 180 valence electrons. The average Bonchev–Trinajstić information content (AvgIpc) is 2.80. The van der Waals surface area contributed by atoms with Gasteiger partial charge in [-0.25, -0.2) is 5.43 Å². The molecule has 0 saturated carbocycles. The fourth-order valence-corrected chi connectivity index (χ4v) is 3.26. The van der Waals surface area contributed by atoms with Crippen molar-refractivity contribution in [2.75, 3.05) is 27.9 Å². The Balaban J connectivity index is 2.25. The van der Waals surface area contributed by atoms with Gasteiger partial charge in [-0.2, -0.15) is 5.10 Å². The van der Waals surface area contributed by atoms with Crippen LogP contribution in [0.1, 0.15) is 76.7 Å². The van der Waals surface area contributed by atoms with E-state index in [0.717, 1.165) is 19.3 Å². The van der Waals surface area contributed by atoms with Gasteiger partial charge in [0.15, 0.2) is 11.5 Å². The molecule has 0 heterocycles. The van der Waals surface area contributed by atoms with Crippen LogP contribution in [0.2, 0.25) is 0 Å². The maximum Gasteiger partial charge on any atom is 0.259 e. The molecule has 0 atom stereocenters. The molecular formula is C24H39N3O5. The number of nitrogens with zero attached hydrogens (tertiary/aromatic N) is 1. The molecule has 0 aliphatic carbocycles. The van der Waals surface area contributed by atoms with Crippen LogP contribution in [-0.2, 0) is 9.59 Å². The van der Waals surface area contributed by atoms with Gasteiger partial charge in [-0.15, -0.1) is 0 Å². The van der Waals surface area contributed by atoms with Gasteiger partial charge >= 0.3 is 0 Å². The predicted octanol–water partition coefficient (Wildman–Crippen LogP) is 4.20. The molecule has 0 aliphatic rings. The number of hydrogen-bond donors (Lipinski definition) is 2. The Hall–Kier alpha value is -2.77. The van der Waals surface area contributed by atoms with Gasteiger partial charge in [0.2, 0.25) is 11.7 Å². The number of hydrogen-bond acceptors (Lipinski definition) is 6. The minimum Gasteiger partial charge on any atom is -0.493 e. The van der Waals surface area contributed by atoms with Crippen molar-refractivity contribution in [2.24, 2.45) is 5.10 Å². The zero-order valence-electron chi connectivity index (χ0n) is 20.0. The second kappa shape index (κ2) is 16.9. The van der Waals surface area contributed by atoms with Gasteiger partial charge in [0.25, 0.3) is 5.91 Å². The quantitative estimate of drug-likeness (QED) is 0.211. The topological polar surface area (TPSA) is 98.3 Å². The van der Waals surface area contributed by atoms with E-state index in [1.807, 2.05) is 0 Å². The lowest BCUT2D eigenvalue weighted by atomic mass is 10.1. The number of hydrazone groups is 1. The number of carbonyl (C=O) groups is 2. The number of methoxy groups -OCH3 is 3. The van der Waals surface area contributed by atoms with Crippen molar-refractivity contribution in [3.8, 4) is 17.2 Å². The van der Waals surface area contributed by atoms with Crippen molar-refractivity contribution >= 4 is 18.0 Å². The highest BCUT2D eigenvalue weighted by Gasteiger charge is 2.12. The molecule has 1 rings (SSSR count). The zero-order valence-corrected chi connectivity index (χ0v) is 20.0. The summed E-state index contributed by atoms with van der Waals surface area (Å²) in [7, 11) is 4.58. The molecule has 2 N–H and O–H groups in total. The number of carbonyl (C=O) groups excluding carboxylic acids is 2. The number of rotatable bonds is 17. The highest BCUT2D eigenvalue weighted by atomic mass is 16.5. The first-order valence-electron chi connectivity index (χ1n) is 11.4. The third-order valence-corrected chi connectivity index (χ3v) is 5.04. The molecule has 0 unspecified atom stereocenters. The average molecular weight is 450 g/mol. The Labute approximate surface area is 192 Å². The summed E-state index contributed by atoms with van der Waals surface area (Å²) >= 11 is 0. The van der Waals surface area contributed by atoms with Crippen LogP contribution in [0.15, 0.2) is 17.2 Å². The summed E-state index contributed by atoms with van der Waals surface area (Å²) in [4.78, 5) is 23.8. The Morgan fingerprint density at radius 1 is 0.844 bits per heavy atom. The summed E-state index contributed by atoms with van der Waals surface area (Å²) in [5.41, 5.74) is 3.06. The highest BCUT2D eigenvalue weighted by molar-refractivity contribution is 5.87. The molecule has 8 heteroatoms. The second-order valence-corrected chi connectivity index (χ2v) is 7.61. The van der Waals surface area contributed by atoms with Crippen molar-refractivity contribution in [3.05, 3.63) is 17.7 Å². The summed E-state index contributed by atoms with van der Waals surface area (Å²) in [6.45, 7) is 2.11. The van der Waals surface area contributed by atoms with Crippen LogP contribution in [0, 0.1) is 0 Å². The second-order valence-electron chi connectivity index (χ2n) is 7.61. The van der Waals surface area contributed by atoms with Gasteiger partial charge in [-0.3, -0.25) is 9.59 Å². The van der Waals surface area contributed by atoms with Gasteiger partial charge < -0.3 is 19.5 Å². The van der Waals surface area contributed by atoms with E-state index in [0.29, 0.717) is 29.2 Å². The van der Waals surface area contributed by atoms with Crippen molar-refractivity contribution in [2.45, 2.75) is 71.1 Å².